The number of anilines is 1. The summed E-state index contributed by atoms with van der Waals surface area (Å²) >= 11 is 0. The summed E-state index contributed by atoms with van der Waals surface area (Å²) < 4.78 is 1.89. The topological polar surface area (TPSA) is 55.1 Å². The number of aromatic nitrogens is 4. The molecule has 96 valence electrons. The Hall–Kier alpha value is -1.65. The van der Waals surface area contributed by atoms with Crippen molar-refractivity contribution in [2.75, 3.05) is 11.9 Å². The zero-order valence-corrected chi connectivity index (χ0v) is 10.7. The summed E-state index contributed by atoms with van der Waals surface area (Å²) in [6, 6.07) is 0. The lowest BCUT2D eigenvalue weighted by atomic mass is 9.83. The fraction of sp³-hybridized carbons (Fsp3) is 0.615. The minimum atomic E-state index is 0.770. The van der Waals surface area contributed by atoms with Gasteiger partial charge in [-0.15, -0.1) is 10.2 Å². The van der Waals surface area contributed by atoms with Crippen LogP contribution in [0.1, 0.15) is 32.6 Å². The van der Waals surface area contributed by atoms with Crippen LogP contribution in [0.3, 0.4) is 0 Å². The summed E-state index contributed by atoms with van der Waals surface area (Å²) in [6.45, 7) is 3.34. The van der Waals surface area contributed by atoms with Crippen LogP contribution in [0.5, 0.6) is 0 Å². The smallest absolute Gasteiger partial charge is 0.203 e. The second-order valence-electron chi connectivity index (χ2n) is 5.34. The molecule has 2 aromatic heterocycles. The fourth-order valence-corrected chi connectivity index (χ4v) is 2.66. The molecule has 1 saturated carbocycles. The Kier molecular flexibility index (Phi) is 3.13. The molecule has 5 heteroatoms. The first kappa shape index (κ1) is 11.4. The van der Waals surface area contributed by atoms with Gasteiger partial charge < -0.3 is 5.32 Å². The Bertz CT molecular complexity index is 513. The van der Waals surface area contributed by atoms with Crippen molar-refractivity contribution in [1.82, 2.24) is 19.6 Å². The lowest BCUT2D eigenvalue weighted by molar-refractivity contribution is 0.300. The molecule has 5 nitrogen and oxygen atoms in total. The molecular weight excluding hydrogens is 226 g/mol. The van der Waals surface area contributed by atoms with Crippen molar-refractivity contribution in [2.45, 2.75) is 32.6 Å². The predicted octanol–water partition coefficient (Wildman–Crippen LogP) is 2.36. The van der Waals surface area contributed by atoms with E-state index < -0.39 is 0 Å². The van der Waals surface area contributed by atoms with Crippen LogP contribution in [0.2, 0.25) is 0 Å². The Morgan fingerprint density at radius 2 is 2.17 bits per heavy atom. The Balaban J connectivity index is 1.64. The highest BCUT2D eigenvalue weighted by Crippen LogP contribution is 2.28. The Morgan fingerprint density at radius 3 is 3.00 bits per heavy atom. The van der Waals surface area contributed by atoms with Crippen molar-refractivity contribution in [3.05, 3.63) is 18.7 Å². The molecule has 0 radical (unpaired) electrons. The maximum Gasteiger partial charge on any atom is 0.203 e. The first-order chi connectivity index (χ1) is 8.83. The molecule has 1 aliphatic carbocycles. The largest absolute Gasteiger partial charge is 0.367 e. The number of fused-ring (bicyclic) bond motifs is 1. The minimum Gasteiger partial charge on any atom is -0.367 e. The molecule has 0 saturated heterocycles. The molecule has 0 bridgehead atoms. The third-order valence-corrected chi connectivity index (χ3v) is 3.91. The van der Waals surface area contributed by atoms with Crippen molar-refractivity contribution in [3.8, 4) is 0 Å². The van der Waals surface area contributed by atoms with Gasteiger partial charge in [0.2, 0.25) is 5.65 Å². The van der Waals surface area contributed by atoms with E-state index in [4.69, 9.17) is 0 Å². The Morgan fingerprint density at radius 1 is 1.33 bits per heavy atom. The van der Waals surface area contributed by atoms with Crippen molar-refractivity contribution in [2.24, 2.45) is 11.8 Å². The average Bonchev–Trinajstić information content (AvgIpc) is 2.87. The Labute approximate surface area is 107 Å². The lowest BCUT2D eigenvalue weighted by Crippen LogP contribution is -2.20. The summed E-state index contributed by atoms with van der Waals surface area (Å²) in [5.74, 6) is 2.51. The van der Waals surface area contributed by atoms with Gasteiger partial charge in [0.15, 0.2) is 5.82 Å². The molecule has 2 aromatic rings. The molecule has 0 amide bonds. The highest BCUT2D eigenvalue weighted by molar-refractivity contribution is 5.61. The predicted molar refractivity (Wildman–Crippen MR) is 70.4 cm³/mol. The van der Waals surface area contributed by atoms with E-state index in [1.54, 1.807) is 12.5 Å². The summed E-state index contributed by atoms with van der Waals surface area (Å²) in [5.41, 5.74) is 0.807. The van der Waals surface area contributed by atoms with Crippen LogP contribution >= 0.6 is 0 Å². The number of hydrogen-bond acceptors (Lipinski definition) is 4. The number of nitrogens with zero attached hydrogens (tertiary/aromatic N) is 4. The zero-order chi connectivity index (χ0) is 12.4. The quantitative estimate of drug-likeness (QED) is 0.902. The van der Waals surface area contributed by atoms with Gasteiger partial charge in [-0.05, 0) is 24.7 Å². The van der Waals surface area contributed by atoms with E-state index in [1.807, 2.05) is 10.6 Å². The van der Waals surface area contributed by atoms with E-state index in [1.165, 1.54) is 25.7 Å². The first-order valence-corrected chi connectivity index (χ1v) is 6.71. The highest BCUT2D eigenvalue weighted by atomic mass is 15.2. The minimum absolute atomic E-state index is 0.770. The van der Waals surface area contributed by atoms with E-state index in [-0.39, 0.29) is 0 Å². The van der Waals surface area contributed by atoms with Gasteiger partial charge in [0.1, 0.15) is 6.33 Å². The number of hydrogen-bond donors (Lipinski definition) is 1. The van der Waals surface area contributed by atoms with Gasteiger partial charge in [0, 0.05) is 18.9 Å². The van der Waals surface area contributed by atoms with Crippen LogP contribution in [0, 0.1) is 11.8 Å². The van der Waals surface area contributed by atoms with Gasteiger partial charge in [-0.3, -0.25) is 4.40 Å². The van der Waals surface area contributed by atoms with Gasteiger partial charge in [-0.25, -0.2) is 4.98 Å². The highest BCUT2D eigenvalue weighted by Gasteiger charge is 2.18. The average molecular weight is 245 g/mol. The van der Waals surface area contributed by atoms with E-state index in [2.05, 4.69) is 27.4 Å². The van der Waals surface area contributed by atoms with Crippen LogP contribution in [-0.4, -0.2) is 26.1 Å². The van der Waals surface area contributed by atoms with E-state index in [0.717, 1.165) is 29.8 Å². The van der Waals surface area contributed by atoms with E-state index in [9.17, 15) is 0 Å². The zero-order valence-electron chi connectivity index (χ0n) is 10.7. The molecule has 1 N–H and O–H groups in total. The molecule has 3 rings (SSSR count). The second kappa shape index (κ2) is 4.92. The van der Waals surface area contributed by atoms with Crippen molar-refractivity contribution in [1.29, 1.82) is 0 Å². The monoisotopic (exact) mass is 245 g/mol. The maximum absolute atomic E-state index is 4.34. The molecule has 2 heterocycles. The van der Waals surface area contributed by atoms with E-state index >= 15 is 0 Å². The molecule has 18 heavy (non-hydrogen) atoms. The SMILES string of the molecule is CC1CCC(CNc2nccn3cnnc23)CC1. The van der Waals surface area contributed by atoms with Crippen LogP contribution in [0.4, 0.5) is 5.82 Å². The molecule has 1 aliphatic rings. The van der Waals surface area contributed by atoms with Gasteiger partial charge in [0.25, 0.3) is 0 Å². The summed E-state index contributed by atoms with van der Waals surface area (Å²) in [6.07, 6.45) is 10.7. The van der Waals surface area contributed by atoms with Crippen LogP contribution in [0.25, 0.3) is 5.65 Å². The van der Waals surface area contributed by atoms with Gasteiger partial charge in [0.05, 0.1) is 0 Å². The van der Waals surface area contributed by atoms with Crippen molar-refractivity contribution < 1.29 is 0 Å². The van der Waals surface area contributed by atoms with Crippen molar-refractivity contribution >= 4 is 11.5 Å². The summed E-state index contributed by atoms with van der Waals surface area (Å²) in [7, 11) is 0. The lowest BCUT2D eigenvalue weighted by Gasteiger charge is -2.26. The molecule has 1 fully saturated rings. The number of rotatable bonds is 3. The summed E-state index contributed by atoms with van der Waals surface area (Å²) in [4.78, 5) is 4.34. The summed E-state index contributed by atoms with van der Waals surface area (Å²) in [5, 5.41) is 11.4. The normalized spacial score (nSPS) is 24.3. The van der Waals surface area contributed by atoms with E-state index in [0.29, 0.717) is 0 Å². The fourth-order valence-electron chi connectivity index (χ4n) is 2.66. The standard InChI is InChI=1S/C13H19N5/c1-10-2-4-11(5-3-10)8-15-12-13-17-16-9-18(13)7-6-14-12/h6-7,9-11H,2-5,8H2,1H3,(H,14,15). The molecule has 0 spiro atoms. The first-order valence-electron chi connectivity index (χ1n) is 6.71. The molecular formula is C13H19N5. The van der Waals surface area contributed by atoms with Gasteiger partial charge in [-0.2, -0.15) is 0 Å². The molecule has 0 aliphatic heterocycles. The van der Waals surface area contributed by atoms with Crippen molar-refractivity contribution in [3.63, 3.8) is 0 Å². The van der Waals surface area contributed by atoms with Gasteiger partial charge >= 0.3 is 0 Å². The molecule has 0 unspecified atom stereocenters. The molecule has 0 atom stereocenters. The number of nitrogens with one attached hydrogen (secondary N) is 1. The van der Waals surface area contributed by atoms with Crippen LogP contribution in [-0.2, 0) is 0 Å². The second-order valence-corrected chi connectivity index (χ2v) is 5.34. The van der Waals surface area contributed by atoms with Crippen LogP contribution < -0.4 is 5.32 Å². The third kappa shape index (κ3) is 2.30. The van der Waals surface area contributed by atoms with Crippen LogP contribution in [0.15, 0.2) is 18.7 Å². The maximum atomic E-state index is 4.34. The van der Waals surface area contributed by atoms with Gasteiger partial charge in [-0.1, -0.05) is 19.8 Å². The molecule has 0 aromatic carbocycles. The third-order valence-electron chi connectivity index (χ3n) is 3.91.